The summed E-state index contributed by atoms with van der Waals surface area (Å²) in [7, 11) is 1.82. The molecule has 3 nitrogen and oxygen atoms in total. The zero-order valence-corrected chi connectivity index (χ0v) is 7.80. The Morgan fingerprint density at radius 2 is 2.50 bits per heavy atom. The number of aromatic nitrogens is 2. The van der Waals surface area contributed by atoms with Gasteiger partial charge >= 0.3 is 0 Å². The molecule has 0 aliphatic heterocycles. The Morgan fingerprint density at radius 1 is 1.75 bits per heavy atom. The molecular formula is C8H11N3S. The topological polar surface area (TPSA) is 43.8 Å². The van der Waals surface area contributed by atoms with Gasteiger partial charge < -0.3 is 5.73 Å². The minimum atomic E-state index is 0.490. The van der Waals surface area contributed by atoms with Crippen molar-refractivity contribution < 1.29 is 0 Å². The largest absolute Gasteiger partial charge is 0.381 e. The van der Waals surface area contributed by atoms with Crippen LogP contribution in [0.15, 0.2) is 6.20 Å². The maximum atomic E-state index is 5.57. The molecule has 0 saturated carbocycles. The third-order valence-electron chi connectivity index (χ3n) is 1.32. The lowest BCUT2D eigenvalue weighted by molar-refractivity contribution is 0.772. The van der Waals surface area contributed by atoms with Crippen LogP contribution in [0.25, 0.3) is 0 Å². The van der Waals surface area contributed by atoms with Crippen molar-refractivity contribution >= 4 is 18.4 Å². The summed E-state index contributed by atoms with van der Waals surface area (Å²) in [6, 6.07) is 0. The van der Waals surface area contributed by atoms with E-state index in [1.165, 1.54) is 0 Å². The fourth-order valence-electron chi connectivity index (χ4n) is 0.816. The molecule has 0 amide bonds. The van der Waals surface area contributed by atoms with Crippen LogP contribution < -0.4 is 5.73 Å². The molecule has 12 heavy (non-hydrogen) atoms. The van der Waals surface area contributed by atoms with Crippen molar-refractivity contribution in [3.63, 3.8) is 0 Å². The molecule has 0 aromatic carbocycles. The van der Waals surface area contributed by atoms with Crippen LogP contribution in [0, 0.1) is 11.8 Å². The zero-order valence-electron chi connectivity index (χ0n) is 6.91. The predicted molar refractivity (Wildman–Crippen MR) is 53.0 cm³/mol. The molecule has 0 aliphatic rings. The van der Waals surface area contributed by atoms with E-state index in [1.807, 2.05) is 7.05 Å². The average Bonchev–Trinajstić information content (AvgIpc) is 2.31. The van der Waals surface area contributed by atoms with Crippen LogP contribution in [-0.4, -0.2) is 15.5 Å². The third-order valence-corrected chi connectivity index (χ3v) is 1.54. The van der Waals surface area contributed by atoms with Gasteiger partial charge in [0.1, 0.15) is 0 Å². The first-order chi connectivity index (χ1) is 5.74. The monoisotopic (exact) mass is 181 g/mol. The van der Waals surface area contributed by atoms with Crippen molar-refractivity contribution in [2.45, 2.75) is 6.42 Å². The fraction of sp³-hybridized carbons (Fsp3) is 0.375. The summed E-state index contributed by atoms with van der Waals surface area (Å²) >= 11 is 4.04. The van der Waals surface area contributed by atoms with Crippen molar-refractivity contribution in [3.8, 4) is 11.8 Å². The van der Waals surface area contributed by atoms with E-state index in [4.69, 9.17) is 5.73 Å². The molecule has 4 heteroatoms. The van der Waals surface area contributed by atoms with Crippen LogP contribution in [0.1, 0.15) is 12.0 Å². The van der Waals surface area contributed by atoms with Crippen molar-refractivity contribution in [2.24, 2.45) is 7.05 Å². The Balaban J connectivity index is 2.76. The maximum absolute atomic E-state index is 5.57. The predicted octanol–water partition coefficient (Wildman–Crippen LogP) is 0.674. The van der Waals surface area contributed by atoms with Crippen LogP contribution in [0.2, 0.25) is 0 Å². The third kappa shape index (κ3) is 2.21. The highest BCUT2D eigenvalue weighted by molar-refractivity contribution is 7.80. The second kappa shape index (κ2) is 4.07. The lowest BCUT2D eigenvalue weighted by Gasteiger charge is -1.81. The van der Waals surface area contributed by atoms with Gasteiger partial charge in [0.15, 0.2) is 5.82 Å². The Bertz CT molecular complexity index is 319. The van der Waals surface area contributed by atoms with Crippen LogP contribution in [0.5, 0.6) is 0 Å². The lowest BCUT2D eigenvalue weighted by Crippen LogP contribution is -1.90. The molecule has 2 N–H and O–H groups in total. The first-order valence-corrected chi connectivity index (χ1v) is 4.26. The number of hydrogen-bond donors (Lipinski definition) is 2. The molecule has 64 valence electrons. The van der Waals surface area contributed by atoms with Gasteiger partial charge in [-0.3, -0.25) is 4.68 Å². The van der Waals surface area contributed by atoms with Crippen molar-refractivity contribution in [1.29, 1.82) is 0 Å². The molecule has 0 spiro atoms. The summed E-state index contributed by atoms with van der Waals surface area (Å²) in [5.74, 6) is 7.13. The smallest absolute Gasteiger partial charge is 0.161 e. The first-order valence-electron chi connectivity index (χ1n) is 3.63. The Morgan fingerprint density at radius 3 is 3.00 bits per heavy atom. The minimum Gasteiger partial charge on any atom is -0.381 e. The molecular weight excluding hydrogens is 170 g/mol. The van der Waals surface area contributed by atoms with E-state index >= 15 is 0 Å². The van der Waals surface area contributed by atoms with Crippen LogP contribution in [-0.2, 0) is 7.05 Å². The van der Waals surface area contributed by atoms with Crippen molar-refractivity contribution in [2.75, 3.05) is 11.5 Å². The Hall–Kier alpha value is -1.08. The summed E-state index contributed by atoms with van der Waals surface area (Å²) in [5.41, 5.74) is 6.36. The number of hydrogen-bond acceptors (Lipinski definition) is 3. The van der Waals surface area contributed by atoms with E-state index in [1.54, 1.807) is 10.9 Å². The van der Waals surface area contributed by atoms with Crippen molar-refractivity contribution in [1.82, 2.24) is 9.78 Å². The molecule has 1 heterocycles. The summed E-state index contributed by atoms with van der Waals surface area (Å²) in [5, 5.41) is 3.96. The summed E-state index contributed by atoms with van der Waals surface area (Å²) in [4.78, 5) is 0. The Labute approximate surface area is 77.4 Å². The maximum Gasteiger partial charge on any atom is 0.161 e. The van der Waals surface area contributed by atoms with Gasteiger partial charge in [-0.05, 0) is 0 Å². The van der Waals surface area contributed by atoms with Crippen molar-refractivity contribution in [3.05, 3.63) is 11.8 Å². The fourth-order valence-corrected chi connectivity index (χ4v) is 0.927. The van der Waals surface area contributed by atoms with Crippen LogP contribution in [0.4, 0.5) is 5.82 Å². The van der Waals surface area contributed by atoms with Gasteiger partial charge in [-0.1, -0.05) is 11.8 Å². The van der Waals surface area contributed by atoms with Crippen LogP contribution >= 0.6 is 12.6 Å². The summed E-state index contributed by atoms with van der Waals surface area (Å²) < 4.78 is 1.65. The zero-order chi connectivity index (χ0) is 8.97. The van der Waals surface area contributed by atoms with Gasteiger partial charge in [0, 0.05) is 25.4 Å². The first kappa shape index (κ1) is 9.01. The normalized spacial score (nSPS) is 9.17. The Kier molecular flexibility index (Phi) is 3.06. The van der Waals surface area contributed by atoms with Gasteiger partial charge in [-0.15, -0.1) is 0 Å². The van der Waals surface area contributed by atoms with Gasteiger partial charge in [0.25, 0.3) is 0 Å². The van der Waals surface area contributed by atoms with Gasteiger partial charge in [-0.25, -0.2) is 0 Å². The molecule has 0 bridgehead atoms. The van der Waals surface area contributed by atoms with E-state index < -0.39 is 0 Å². The highest BCUT2D eigenvalue weighted by atomic mass is 32.1. The standard InChI is InChI=1S/C8H11N3S/c1-11-6-7(8(9)10-11)4-2-3-5-12/h6,12H,3,5H2,1H3,(H2,9,10). The van der Waals surface area contributed by atoms with Gasteiger partial charge in [-0.2, -0.15) is 17.7 Å². The second-order valence-electron chi connectivity index (χ2n) is 2.38. The summed E-state index contributed by atoms with van der Waals surface area (Å²) in [6.45, 7) is 0. The molecule has 0 atom stereocenters. The molecule has 0 fully saturated rings. The number of nitrogens with zero attached hydrogens (tertiary/aromatic N) is 2. The lowest BCUT2D eigenvalue weighted by atomic mass is 10.3. The molecule has 0 saturated heterocycles. The molecule has 0 unspecified atom stereocenters. The molecule has 1 rings (SSSR count). The molecule has 1 aromatic rings. The highest BCUT2D eigenvalue weighted by Crippen LogP contribution is 2.04. The second-order valence-corrected chi connectivity index (χ2v) is 2.82. The number of nitrogens with two attached hydrogens (primary N) is 1. The number of anilines is 1. The van der Waals surface area contributed by atoms with Gasteiger partial charge in [0.05, 0.1) is 5.56 Å². The SMILES string of the molecule is Cn1cc(C#CCCS)c(N)n1. The number of aryl methyl sites for hydroxylation is 1. The van der Waals surface area contributed by atoms with E-state index in [0.717, 1.165) is 17.7 Å². The van der Waals surface area contributed by atoms with Crippen LogP contribution in [0.3, 0.4) is 0 Å². The average molecular weight is 181 g/mol. The van der Waals surface area contributed by atoms with E-state index in [9.17, 15) is 0 Å². The van der Waals surface area contributed by atoms with E-state index in [-0.39, 0.29) is 0 Å². The van der Waals surface area contributed by atoms with E-state index in [2.05, 4.69) is 29.6 Å². The van der Waals surface area contributed by atoms with E-state index in [0.29, 0.717) is 5.82 Å². The summed E-state index contributed by atoms with van der Waals surface area (Å²) in [6.07, 6.45) is 2.58. The molecule has 1 aromatic heterocycles. The number of nitrogen functional groups attached to an aromatic ring is 1. The minimum absolute atomic E-state index is 0.490. The quantitative estimate of drug-likeness (QED) is 0.494. The number of thiol groups is 1. The number of rotatable bonds is 1. The molecule has 0 aliphatic carbocycles. The molecule has 0 radical (unpaired) electrons. The highest BCUT2D eigenvalue weighted by Gasteiger charge is 1.98. The van der Waals surface area contributed by atoms with Gasteiger partial charge in [0.2, 0.25) is 0 Å².